The molecule has 1 unspecified atom stereocenters. The first kappa shape index (κ1) is 15.7. The maximum Gasteiger partial charge on any atom is 0.333 e. The lowest BCUT2D eigenvalue weighted by Crippen LogP contribution is -2.23. The molecule has 1 atom stereocenters. The zero-order valence-corrected chi connectivity index (χ0v) is 13.2. The Morgan fingerprint density at radius 2 is 1.67 bits per heavy atom. The predicted octanol–water partition coefficient (Wildman–Crippen LogP) is 4.63. The van der Waals surface area contributed by atoms with Crippen molar-refractivity contribution >= 4 is 34.9 Å². The molecule has 0 spiro atoms. The highest BCUT2D eigenvalue weighted by Crippen LogP contribution is 2.33. The number of rotatable bonds is 4. The van der Waals surface area contributed by atoms with Crippen molar-refractivity contribution in [3.05, 3.63) is 63.6 Å². The summed E-state index contributed by atoms with van der Waals surface area (Å²) in [7, 11) is 1.33. The van der Waals surface area contributed by atoms with Gasteiger partial charge < -0.3 is 10.1 Å². The summed E-state index contributed by atoms with van der Waals surface area (Å²) < 4.78 is 4.85. The molecule has 0 amide bonds. The number of aryl methyl sites for hydroxylation is 1. The Labute approximate surface area is 133 Å². The number of anilines is 1. The van der Waals surface area contributed by atoms with E-state index in [4.69, 9.17) is 27.9 Å². The molecule has 3 nitrogen and oxygen atoms in total. The van der Waals surface area contributed by atoms with Gasteiger partial charge in [-0.3, -0.25) is 0 Å². The molecule has 0 aliphatic rings. The molecule has 0 heterocycles. The third-order valence-electron chi connectivity index (χ3n) is 3.09. The van der Waals surface area contributed by atoms with Gasteiger partial charge >= 0.3 is 5.97 Å². The van der Waals surface area contributed by atoms with Gasteiger partial charge in [0.05, 0.1) is 7.11 Å². The SMILES string of the molecule is COC(=O)C(Nc1ccc(C)cc1)c1c(Cl)cccc1Cl. The number of esters is 1. The Morgan fingerprint density at radius 3 is 2.19 bits per heavy atom. The number of benzene rings is 2. The number of hydrogen-bond acceptors (Lipinski definition) is 3. The zero-order chi connectivity index (χ0) is 15.4. The fourth-order valence-corrected chi connectivity index (χ4v) is 2.59. The predicted molar refractivity (Wildman–Crippen MR) is 86.0 cm³/mol. The average Bonchev–Trinajstić information content (AvgIpc) is 2.47. The van der Waals surface area contributed by atoms with E-state index >= 15 is 0 Å². The minimum Gasteiger partial charge on any atom is -0.467 e. The van der Waals surface area contributed by atoms with Gasteiger partial charge in [0.2, 0.25) is 0 Å². The number of halogens is 2. The van der Waals surface area contributed by atoms with Gasteiger partial charge in [-0.05, 0) is 31.2 Å². The van der Waals surface area contributed by atoms with Crippen molar-refractivity contribution in [3.8, 4) is 0 Å². The lowest BCUT2D eigenvalue weighted by molar-refractivity contribution is -0.141. The van der Waals surface area contributed by atoms with E-state index < -0.39 is 12.0 Å². The van der Waals surface area contributed by atoms with Gasteiger partial charge in [-0.2, -0.15) is 0 Å². The van der Waals surface area contributed by atoms with Crippen LogP contribution >= 0.6 is 23.2 Å². The second-order valence-corrected chi connectivity index (χ2v) is 5.42. The van der Waals surface area contributed by atoms with Crippen molar-refractivity contribution < 1.29 is 9.53 Å². The fourth-order valence-electron chi connectivity index (χ4n) is 1.97. The molecular weight excluding hydrogens is 309 g/mol. The van der Waals surface area contributed by atoms with Crippen LogP contribution in [-0.2, 0) is 9.53 Å². The molecule has 0 saturated heterocycles. The van der Waals surface area contributed by atoms with Crippen molar-refractivity contribution in [1.82, 2.24) is 0 Å². The summed E-state index contributed by atoms with van der Waals surface area (Å²) in [5, 5.41) is 3.94. The van der Waals surface area contributed by atoms with E-state index in [1.165, 1.54) is 7.11 Å². The second-order valence-electron chi connectivity index (χ2n) is 4.60. The van der Waals surface area contributed by atoms with Crippen LogP contribution in [0.3, 0.4) is 0 Å². The fraction of sp³-hybridized carbons (Fsp3) is 0.188. The average molecular weight is 324 g/mol. The molecule has 21 heavy (non-hydrogen) atoms. The van der Waals surface area contributed by atoms with Crippen molar-refractivity contribution in [3.63, 3.8) is 0 Å². The van der Waals surface area contributed by atoms with E-state index in [0.29, 0.717) is 15.6 Å². The van der Waals surface area contributed by atoms with Gasteiger partial charge in [0.1, 0.15) is 0 Å². The third kappa shape index (κ3) is 3.69. The van der Waals surface area contributed by atoms with Gasteiger partial charge in [0.15, 0.2) is 6.04 Å². The third-order valence-corrected chi connectivity index (χ3v) is 3.75. The van der Waals surface area contributed by atoms with Crippen molar-refractivity contribution in [2.45, 2.75) is 13.0 Å². The van der Waals surface area contributed by atoms with Gasteiger partial charge in [-0.1, -0.05) is 47.0 Å². The van der Waals surface area contributed by atoms with Crippen LogP contribution in [0.2, 0.25) is 10.0 Å². The molecule has 1 N–H and O–H groups in total. The Bertz CT molecular complexity index is 621. The highest BCUT2D eigenvalue weighted by molar-refractivity contribution is 6.36. The van der Waals surface area contributed by atoms with Gasteiger partial charge in [-0.15, -0.1) is 0 Å². The highest BCUT2D eigenvalue weighted by Gasteiger charge is 2.26. The van der Waals surface area contributed by atoms with Crippen LogP contribution in [0.25, 0.3) is 0 Å². The molecule has 0 radical (unpaired) electrons. The molecule has 0 fully saturated rings. The molecule has 0 bridgehead atoms. The van der Waals surface area contributed by atoms with E-state index in [9.17, 15) is 4.79 Å². The minimum atomic E-state index is -0.765. The van der Waals surface area contributed by atoms with E-state index in [-0.39, 0.29) is 0 Å². The standard InChI is InChI=1S/C16H15Cl2NO2/c1-10-6-8-11(9-7-10)19-15(16(20)21-2)14-12(17)4-3-5-13(14)18/h3-9,15,19H,1-2H3. The van der Waals surface area contributed by atoms with Crippen LogP contribution in [0.4, 0.5) is 5.69 Å². The van der Waals surface area contributed by atoms with E-state index in [2.05, 4.69) is 5.32 Å². The number of carbonyl (C=O) groups is 1. The monoisotopic (exact) mass is 323 g/mol. The zero-order valence-electron chi connectivity index (χ0n) is 11.7. The first-order valence-electron chi connectivity index (χ1n) is 6.38. The minimum absolute atomic E-state index is 0.414. The Hall–Kier alpha value is -1.71. The van der Waals surface area contributed by atoms with Gasteiger partial charge in [-0.25, -0.2) is 4.79 Å². The Kier molecular flexibility index (Phi) is 5.10. The second kappa shape index (κ2) is 6.83. The lowest BCUT2D eigenvalue weighted by atomic mass is 10.1. The Morgan fingerprint density at radius 1 is 1.10 bits per heavy atom. The number of hydrogen-bond donors (Lipinski definition) is 1. The number of ether oxygens (including phenoxy) is 1. The molecule has 2 aromatic carbocycles. The normalized spacial score (nSPS) is 11.8. The molecule has 2 aromatic rings. The van der Waals surface area contributed by atoms with Crippen LogP contribution in [0.1, 0.15) is 17.2 Å². The largest absolute Gasteiger partial charge is 0.467 e. The number of carbonyl (C=O) groups excluding carboxylic acids is 1. The number of nitrogens with one attached hydrogen (secondary N) is 1. The van der Waals surface area contributed by atoms with Crippen LogP contribution in [0.15, 0.2) is 42.5 Å². The summed E-state index contributed by atoms with van der Waals surface area (Å²) in [5.41, 5.74) is 2.42. The summed E-state index contributed by atoms with van der Waals surface area (Å²) in [6, 6.07) is 12.0. The molecule has 0 aliphatic carbocycles. The van der Waals surface area contributed by atoms with Gasteiger partial charge in [0.25, 0.3) is 0 Å². The van der Waals surface area contributed by atoms with Crippen molar-refractivity contribution in [2.75, 3.05) is 12.4 Å². The van der Waals surface area contributed by atoms with Crippen LogP contribution < -0.4 is 5.32 Å². The molecule has 0 aromatic heterocycles. The topological polar surface area (TPSA) is 38.3 Å². The van der Waals surface area contributed by atoms with Crippen molar-refractivity contribution in [2.24, 2.45) is 0 Å². The van der Waals surface area contributed by atoms with Gasteiger partial charge in [0, 0.05) is 21.3 Å². The van der Waals surface area contributed by atoms with E-state index in [0.717, 1.165) is 11.3 Å². The summed E-state index contributed by atoms with van der Waals surface area (Å²) >= 11 is 12.4. The number of methoxy groups -OCH3 is 1. The van der Waals surface area contributed by atoms with Crippen LogP contribution in [0.5, 0.6) is 0 Å². The highest BCUT2D eigenvalue weighted by atomic mass is 35.5. The van der Waals surface area contributed by atoms with Crippen molar-refractivity contribution in [1.29, 1.82) is 0 Å². The molecular formula is C16H15Cl2NO2. The first-order chi connectivity index (χ1) is 10.0. The summed E-state index contributed by atoms with van der Waals surface area (Å²) in [6.45, 7) is 1.99. The molecule has 0 saturated carbocycles. The molecule has 110 valence electrons. The summed E-state index contributed by atoms with van der Waals surface area (Å²) in [5.74, 6) is -0.453. The summed E-state index contributed by atoms with van der Waals surface area (Å²) in [6.07, 6.45) is 0. The van der Waals surface area contributed by atoms with Crippen LogP contribution in [-0.4, -0.2) is 13.1 Å². The molecule has 5 heteroatoms. The molecule has 0 aliphatic heterocycles. The first-order valence-corrected chi connectivity index (χ1v) is 7.13. The molecule has 2 rings (SSSR count). The lowest BCUT2D eigenvalue weighted by Gasteiger charge is -2.20. The summed E-state index contributed by atoms with van der Waals surface area (Å²) in [4.78, 5) is 12.1. The maximum absolute atomic E-state index is 12.1. The van der Waals surface area contributed by atoms with Crippen LogP contribution in [0, 0.1) is 6.92 Å². The quantitative estimate of drug-likeness (QED) is 0.834. The smallest absolute Gasteiger partial charge is 0.333 e. The van der Waals surface area contributed by atoms with E-state index in [1.807, 2.05) is 31.2 Å². The Balaban J connectivity index is 2.39. The maximum atomic E-state index is 12.1. The van der Waals surface area contributed by atoms with E-state index in [1.54, 1.807) is 18.2 Å².